The normalized spacial score (nSPS) is 28.6. The summed E-state index contributed by atoms with van der Waals surface area (Å²) in [5, 5.41) is 13.7. The van der Waals surface area contributed by atoms with Gasteiger partial charge in [0.15, 0.2) is 0 Å². The van der Waals surface area contributed by atoms with Crippen LogP contribution >= 0.6 is 15.9 Å². The molecule has 2 aromatic carbocycles. The zero-order chi connectivity index (χ0) is 21.7. The quantitative estimate of drug-likeness (QED) is 0.533. The SMILES string of the molecule is COc1ccc2c(c1)C1(CCC(Nc3cccc(Br)c3)(C(=O)O)CC1)C1(CCCC1)C2. The van der Waals surface area contributed by atoms with Crippen molar-refractivity contribution >= 4 is 27.6 Å². The molecule has 2 saturated carbocycles. The van der Waals surface area contributed by atoms with Gasteiger partial charge in [0.25, 0.3) is 0 Å². The van der Waals surface area contributed by atoms with Crippen molar-refractivity contribution in [2.45, 2.75) is 68.7 Å². The van der Waals surface area contributed by atoms with Gasteiger partial charge in [0.2, 0.25) is 0 Å². The molecule has 5 heteroatoms. The van der Waals surface area contributed by atoms with Gasteiger partial charge in [-0.3, -0.25) is 0 Å². The molecular formula is C26H30BrNO3. The van der Waals surface area contributed by atoms with Crippen molar-refractivity contribution < 1.29 is 14.6 Å². The van der Waals surface area contributed by atoms with E-state index < -0.39 is 11.5 Å². The molecule has 0 aliphatic heterocycles. The maximum atomic E-state index is 12.5. The van der Waals surface area contributed by atoms with Gasteiger partial charge in [-0.15, -0.1) is 0 Å². The topological polar surface area (TPSA) is 58.6 Å². The van der Waals surface area contributed by atoms with E-state index in [1.54, 1.807) is 7.11 Å². The molecule has 164 valence electrons. The molecular weight excluding hydrogens is 454 g/mol. The number of benzene rings is 2. The maximum Gasteiger partial charge on any atom is 0.329 e. The van der Waals surface area contributed by atoms with E-state index in [0.29, 0.717) is 12.8 Å². The van der Waals surface area contributed by atoms with Crippen LogP contribution in [0.15, 0.2) is 46.9 Å². The first-order valence-corrected chi connectivity index (χ1v) is 12.2. The predicted molar refractivity (Wildman–Crippen MR) is 126 cm³/mol. The van der Waals surface area contributed by atoms with Gasteiger partial charge in [-0.25, -0.2) is 4.79 Å². The largest absolute Gasteiger partial charge is 0.497 e. The van der Waals surface area contributed by atoms with Crippen molar-refractivity contribution in [1.82, 2.24) is 0 Å². The Morgan fingerprint density at radius 1 is 1.03 bits per heavy atom. The van der Waals surface area contributed by atoms with Crippen LogP contribution in [0.1, 0.15) is 62.5 Å². The predicted octanol–water partition coefficient (Wildman–Crippen LogP) is 6.32. The molecule has 3 aliphatic carbocycles. The lowest BCUT2D eigenvalue weighted by molar-refractivity contribution is -0.144. The van der Waals surface area contributed by atoms with Crippen LogP contribution in [0.2, 0.25) is 0 Å². The Labute approximate surface area is 192 Å². The summed E-state index contributed by atoms with van der Waals surface area (Å²) >= 11 is 3.50. The third-order valence-electron chi connectivity index (χ3n) is 8.51. The molecule has 2 N–H and O–H groups in total. The Bertz CT molecular complexity index is 1000. The Morgan fingerprint density at radius 2 is 1.77 bits per heavy atom. The number of rotatable bonds is 4. The van der Waals surface area contributed by atoms with E-state index in [2.05, 4.69) is 39.4 Å². The number of nitrogens with one attached hydrogen (secondary N) is 1. The van der Waals surface area contributed by atoms with Crippen molar-refractivity contribution in [3.63, 3.8) is 0 Å². The smallest absolute Gasteiger partial charge is 0.329 e. The van der Waals surface area contributed by atoms with E-state index in [-0.39, 0.29) is 10.8 Å². The number of ether oxygens (including phenoxy) is 1. The van der Waals surface area contributed by atoms with Crippen molar-refractivity contribution in [3.05, 3.63) is 58.1 Å². The second-order valence-electron chi connectivity index (χ2n) is 9.79. The highest BCUT2D eigenvalue weighted by molar-refractivity contribution is 9.10. The summed E-state index contributed by atoms with van der Waals surface area (Å²) in [5.41, 5.74) is 3.15. The Kier molecular flexibility index (Phi) is 5.08. The lowest BCUT2D eigenvalue weighted by atomic mass is 9.54. The van der Waals surface area contributed by atoms with Crippen LogP contribution in [0.25, 0.3) is 0 Å². The summed E-state index contributed by atoms with van der Waals surface area (Å²) in [6.45, 7) is 0. The Balaban J connectivity index is 1.51. The van der Waals surface area contributed by atoms with Crippen molar-refractivity contribution in [1.29, 1.82) is 0 Å². The first-order valence-electron chi connectivity index (χ1n) is 11.4. The third-order valence-corrected chi connectivity index (χ3v) is 9.01. The van der Waals surface area contributed by atoms with E-state index >= 15 is 0 Å². The van der Waals surface area contributed by atoms with Crippen LogP contribution in [0, 0.1) is 5.41 Å². The molecule has 4 nitrogen and oxygen atoms in total. The number of hydrogen-bond acceptors (Lipinski definition) is 3. The minimum atomic E-state index is -0.923. The van der Waals surface area contributed by atoms with Gasteiger partial charge in [0.05, 0.1) is 7.11 Å². The molecule has 0 aromatic heterocycles. The summed E-state index contributed by atoms with van der Waals surface area (Å²) < 4.78 is 6.53. The zero-order valence-corrected chi connectivity index (χ0v) is 19.6. The second kappa shape index (κ2) is 7.54. The van der Waals surface area contributed by atoms with Crippen LogP contribution in [-0.2, 0) is 16.6 Å². The molecule has 31 heavy (non-hydrogen) atoms. The summed E-state index contributed by atoms with van der Waals surface area (Å²) in [7, 11) is 1.73. The molecule has 2 fully saturated rings. The van der Waals surface area contributed by atoms with E-state index in [1.165, 1.54) is 36.8 Å². The molecule has 0 radical (unpaired) electrons. The summed E-state index contributed by atoms with van der Waals surface area (Å²) in [4.78, 5) is 12.5. The number of methoxy groups -OCH3 is 1. The monoisotopic (exact) mass is 483 g/mol. The molecule has 0 heterocycles. The first kappa shape index (κ1) is 20.9. The first-order chi connectivity index (χ1) is 14.9. The number of carbonyl (C=O) groups is 1. The standard InChI is InChI=1S/C26H30BrNO3/c1-31-21-8-7-18-17-24(9-2-3-10-24)25(22(18)16-21)11-13-26(14-12-25,23(29)30)28-20-6-4-5-19(27)15-20/h4-8,15-16,28H,2-3,9-14,17H2,1H3,(H,29,30). The van der Waals surface area contributed by atoms with Gasteiger partial charge in [0.1, 0.15) is 11.3 Å². The van der Waals surface area contributed by atoms with Crippen molar-refractivity contribution in [3.8, 4) is 5.75 Å². The summed E-state index contributed by atoms with van der Waals surface area (Å²) in [6, 6.07) is 14.4. The number of aliphatic carboxylic acids is 1. The van der Waals surface area contributed by atoms with Crippen LogP contribution in [-0.4, -0.2) is 23.7 Å². The van der Waals surface area contributed by atoms with E-state index in [0.717, 1.165) is 35.2 Å². The number of carboxylic acid groups (broad SMARTS) is 1. The molecule has 0 bridgehead atoms. The van der Waals surface area contributed by atoms with Crippen LogP contribution < -0.4 is 10.1 Å². The highest BCUT2D eigenvalue weighted by atomic mass is 79.9. The van der Waals surface area contributed by atoms with Gasteiger partial charge in [-0.1, -0.05) is 40.9 Å². The minimum Gasteiger partial charge on any atom is -0.497 e. The fourth-order valence-electron chi connectivity index (χ4n) is 6.95. The zero-order valence-electron chi connectivity index (χ0n) is 18.0. The molecule has 2 aromatic rings. The van der Waals surface area contributed by atoms with Gasteiger partial charge in [-0.05, 0) is 91.8 Å². The molecule has 0 unspecified atom stereocenters. The highest BCUT2D eigenvalue weighted by Gasteiger charge is 2.61. The highest BCUT2D eigenvalue weighted by Crippen LogP contribution is 2.66. The van der Waals surface area contributed by atoms with Crippen LogP contribution in [0.4, 0.5) is 5.69 Å². The van der Waals surface area contributed by atoms with Gasteiger partial charge >= 0.3 is 5.97 Å². The average Bonchev–Trinajstić information content (AvgIpc) is 3.33. The van der Waals surface area contributed by atoms with Crippen molar-refractivity contribution in [2.75, 3.05) is 12.4 Å². The number of fused-ring (bicyclic) bond motifs is 3. The van der Waals surface area contributed by atoms with E-state index in [4.69, 9.17) is 4.74 Å². The molecule has 0 amide bonds. The average molecular weight is 484 g/mol. The van der Waals surface area contributed by atoms with Gasteiger partial charge < -0.3 is 15.2 Å². The number of hydrogen-bond donors (Lipinski definition) is 2. The Morgan fingerprint density at radius 3 is 2.42 bits per heavy atom. The summed E-state index contributed by atoms with van der Waals surface area (Å²) in [6.07, 6.45) is 9.28. The lowest BCUT2D eigenvalue weighted by Crippen LogP contribution is -2.55. The number of halogens is 1. The molecule has 2 spiro atoms. The van der Waals surface area contributed by atoms with E-state index in [1.807, 2.05) is 24.3 Å². The molecule has 3 aliphatic rings. The number of carboxylic acids is 1. The fraction of sp³-hybridized carbons (Fsp3) is 0.500. The summed E-state index contributed by atoms with van der Waals surface area (Å²) in [5.74, 6) is 0.169. The van der Waals surface area contributed by atoms with Gasteiger partial charge in [0, 0.05) is 15.6 Å². The maximum absolute atomic E-state index is 12.5. The number of anilines is 1. The lowest BCUT2D eigenvalue weighted by Gasteiger charge is -2.51. The Hall–Kier alpha value is -2.01. The molecule has 0 atom stereocenters. The van der Waals surface area contributed by atoms with Gasteiger partial charge in [-0.2, -0.15) is 0 Å². The minimum absolute atomic E-state index is 0.0608. The van der Waals surface area contributed by atoms with E-state index in [9.17, 15) is 9.90 Å². The molecule has 5 rings (SSSR count). The van der Waals surface area contributed by atoms with Crippen molar-refractivity contribution in [2.24, 2.45) is 5.41 Å². The second-order valence-corrected chi connectivity index (χ2v) is 10.7. The fourth-order valence-corrected chi connectivity index (χ4v) is 7.35. The van der Waals surface area contributed by atoms with Crippen LogP contribution in [0.3, 0.4) is 0 Å². The third kappa shape index (κ3) is 3.19. The molecule has 0 saturated heterocycles. The van der Waals surface area contributed by atoms with Crippen LogP contribution in [0.5, 0.6) is 5.75 Å².